The molecule has 0 radical (unpaired) electrons. The van der Waals surface area contributed by atoms with E-state index >= 15 is 0 Å². The Kier molecular flexibility index (Phi) is 3.61. The molecule has 1 saturated carbocycles. The molecule has 2 unspecified atom stereocenters. The van der Waals surface area contributed by atoms with Gasteiger partial charge in [-0.3, -0.25) is 0 Å². The monoisotopic (exact) mass is 154 g/mol. The quantitative estimate of drug-likeness (QED) is 0.441. The smallest absolute Gasteiger partial charge is 0.120 e. The Bertz CT molecular complexity index is 120. The largest absolute Gasteiger partial charge is 0.303 e. The van der Waals surface area contributed by atoms with Crippen LogP contribution in [0.4, 0.5) is 0 Å². The van der Waals surface area contributed by atoms with Crippen molar-refractivity contribution in [3.8, 4) is 0 Å². The van der Waals surface area contributed by atoms with Crippen molar-refractivity contribution >= 4 is 6.29 Å². The molecule has 0 aromatic heterocycles. The number of aldehydes is 1. The Morgan fingerprint density at radius 2 is 2.09 bits per heavy atom. The zero-order valence-electron chi connectivity index (χ0n) is 7.38. The lowest BCUT2D eigenvalue weighted by Crippen LogP contribution is -1.99. The van der Waals surface area contributed by atoms with Gasteiger partial charge < -0.3 is 4.79 Å². The average Bonchev–Trinajstić information content (AvgIpc) is 2.17. The van der Waals surface area contributed by atoms with Gasteiger partial charge in [0.1, 0.15) is 6.29 Å². The highest BCUT2D eigenvalue weighted by atomic mass is 16.1. The van der Waals surface area contributed by atoms with Gasteiger partial charge in [0.05, 0.1) is 0 Å². The Morgan fingerprint density at radius 1 is 1.27 bits per heavy atom. The molecule has 0 saturated heterocycles. The molecule has 0 spiro atoms. The van der Waals surface area contributed by atoms with Gasteiger partial charge in [-0.15, -0.1) is 0 Å². The van der Waals surface area contributed by atoms with Crippen LogP contribution < -0.4 is 0 Å². The summed E-state index contributed by atoms with van der Waals surface area (Å²) < 4.78 is 0. The molecular formula is C10H18O. The maximum absolute atomic E-state index is 10.3. The van der Waals surface area contributed by atoms with E-state index in [1.54, 1.807) is 0 Å². The van der Waals surface area contributed by atoms with Gasteiger partial charge in [0.2, 0.25) is 0 Å². The fraction of sp³-hybridized carbons (Fsp3) is 0.900. The molecule has 1 aliphatic carbocycles. The summed E-state index contributed by atoms with van der Waals surface area (Å²) in [6.07, 6.45) is 8.48. The summed E-state index contributed by atoms with van der Waals surface area (Å²) in [5.41, 5.74) is 0. The van der Waals surface area contributed by atoms with E-state index in [1.807, 2.05) is 0 Å². The van der Waals surface area contributed by atoms with Crippen molar-refractivity contribution in [3.05, 3.63) is 0 Å². The lowest BCUT2D eigenvalue weighted by atomic mass is 9.97. The summed E-state index contributed by atoms with van der Waals surface area (Å²) in [5, 5.41) is 0. The minimum absolute atomic E-state index is 0.706. The van der Waals surface area contributed by atoms with Crippen LogP contribution in [0.2, 0.25) is 0 Å². The number of hydrogen-bond donors (Lipinski definition) is 0. The zero-order valence-corrected chi connectivity index (χ0v) is 7.38. The van der Waals surface area contributed by atoms with Crippen LogP contribution in [-0.2, 0) is 4.79 Å². The van der Waals surface area contributed by atoms with E-state index in [4.69, 9.17) is 0 Å². The van der Waals surface area contributed by atoms with Crippen molar-refractivity contribution in [1.29, 1.82) is 0 Å². The molecular weight excluding hydrogens is 136 g/mol. The molecule has 0 aliphatic heterocycles. The maximum Gasteiger partial charge on any atom is 0.120 e. The first kappa shape index (κ1) is 8.76. The first-order chi connectivity index (χ1) is 5.33. The third-order valence-corrected chi connectivity index (χ3v) is 2.81. The van der Waals surface area contributed by atoms with Crippen LogP contribution >= 0.6 is 0 Å². The van der Waals surface area contributed by atoms with E-state index in [0.29, 0.717) is 5.92 Å². The van der Waals surface area contributed by atoms with Crippen LogP contribution in [0.25, 0.3) is 0 Å². The number of hydrogen-bond acceptors (Lipinski definition) is 1. The predicted octanol–water partition coefficient (Wildman–Crippen LogP) is 2.79. The third-order valence-electron chi connectivity index (χ3n) is 2.81. The SMILES string of the molecule is CC1CCCC(CC=O)CC1. The summed E-state index contributed by atoms with van der Waals surface area (Å²) in [5.74, 6) is 1.60. The highest BCUT2D eigenvalue weighted by Gasteiger charge is 2.15. The van der Waals surface area contributed by atoms with Crippen molar-refractivity contribution in [1.82, 2.24) is 0 Å². The molecule has 0 heterocycles. The van der Waals surface area contributed by atoms with Gasteiger partial charge in [-0.2, -0.15) is 0 Å². The summed E-state index contributed by atoms with van der Waals surface area (Å²) >= 11 is 0. The normalized spacial score (nSPS) is 32.8. The fourth-order valence-corrected chi connectivity index (χ4v) is 1.94. The van der Waals surface area contributed by atoms with E-state index in [-0.39, 0.29) is 0 Å². The van der Waals surface area contributed by atoms with Crippen LogP contribution in [0.5, 0.6) is 0 Å². The highest BCUT2D eigenvalue weighted by Crippen LogP contribution is 2.27. The van der Waals surface area contributed by atoms with Gasteiger partial charge >= 0.3 is 0 Å². The van der Waals surface area contributed by atoms with Crippen LogP contribution in [0.15, 0.2) is 0 Å². The summed E-state index contributed by atoms with van der Waals surface area (Å²) in [4.78, 5) is 10.3. The van der Waals surface area contributed by atoms with E-state index in [1.165, 1.54) is 32.1 Å². The van der Waals surface area contributed by atoms with Gasteiger partial charge in [0, 0.05) is 6.42 Å². The van der Waals surface area contributed by atoms with Crippen LogP contribution in [0.1, 0.15) is 45.4 Å². The summed E-state index contributed by atoms with van der Waals surface area (Å²) in [6, 6.07) is 0. The Labute approximate surface area is 69.2 Å². The summed E-state index contributed by atoms with van der Waals surface area (Å²) in [6.45, 7) is 2.32. The standard InChI is InChI=1S/C10H18O/c1-9-3-2-4-10(6-5-9)7-8-11/h8-10H,2-7H2,1H3. The van der Waals surface area contributed by atoms with E-state index in [9.17, 15) is 4.79 Å². The average molecular weight is 154 g/mol. The van der Waals surface area contributed by atoms with Crippen molar-refractivity contribution in [2.24, 2.45) is 11.8 Å². The third kappa shape index (κ3) is 3.04. The van der Waals surface area contributed by atoms with Crippen LogP contribution in [-0.4, -0.2) is 6.29 Å². The van der Waals surface area contributed by atoms with E-state index in [2.05, 4.69) is 6.92 Å². The molecule has 1 heteroatoms. The molecule has 0 amide bonds. The highest BCUT2D eigenvalue weighted by molar-refractivity contribution is 5.49. The lowest BCUT2D eigenvalue weighted by Gasteiger charge is -2.08. The predicted molar refractivity (Wildman–Crippen MR) is 46.4 cm³/mol. The topological polar surface area (TPSA) is 17.1 Å². The van der Waals surface area contributed by atoms with Crippen molar-refractivity contribution < 1.29 is 4.79 Å². The number of rotatable bonds is 2. The Balaban J connectivity index is 2.27. The van der Waals surface area contributed by atoms with Crippen molar-refractivity contribution in [3.63, 3.8) is 0 Å². The molecule has 64 valence electrons. The van der Waals surface area contributed by atoms with Gasteiger partial charge in [-0.25, -0.2) is 0 Å². The van der Waals surface area contributed by atoms with Crippen LogP contribution in [0.3, 0.4) is 0 Å². The van der Waals surface area contributed by atoms with Gasteiger partial charge in [0.25, 0.3) is 0 Å². The van der Waals surface area contributed by atoms with Crippen molar-refractivity contribution in [2.45, 2.75) is 45.4 Å². The van der Waals surface area contributed by atoms with Gasteiger partial charge in [-0.1, -0.05) is 32.6 Å². The molecule has 1 fully saturated rings. The molecule has 0 aromatic carbocycles. The Hall–Kier alpha value is -0.330. The molecule has 0 bridgehead atoms. The van der Waals surface area contributed by atoms with Crippen molar-refractivity contribution in [2.75, 3.05) is 0 Å². The minimum Gasteiger partial charge on any atom is -0.303 e. The second-order valence-corrected chi connectivity index (χ2v) is 3.88. The minimum atomic E-state index is 0.706. The van der Waals surface area contributed by atoms with E-state index in [0.717, 1.165) is 18.6 Å². The number of carbonyl (C=O) groups excluding carboxylic acids is 1. The summed E-state index contributed by atoms with van der Waals surface area (Å²) in [7, 11) is 0. The lowest BCUT2D eigenvalue weighted by molar-refractivity contribution is -0.108. The van der Waals surface area contributed by atoms with Crippen LogP contribution in [0, 0.1) is 11.8 Å². The Morgan fingerprint density at radius 3 is 2.82 bits per heavy atom. The molecule has 1 rings (SSSR count). The molecule has 0 aromatic rings. The molecule has 11 heavy (non-hydrogen) atoms. The molecule has 0 N–H and O–H groups in total. The zero-order chi connectivity index (χ0) is 8.10. The molecule has 1 nitrogen and oxygen atoms in total. The molecule has 1 aliphatic rings. The fourth-order valence-electron chi connectivity index (χ4n) is 1.94. The first-order valence-corrected chi connectivity index (χ1v) is 4.76. The van der Waals surface area contributed by atoms with Gasteiger partial charge in [0.15, 0.2) is 0 Å². The molecule has 2 atom stereocenters. The maximum atomic E-state index is 10.3. The first-order valence-electron chi connectivity index (χ1n) is 4.76. The van der Waals surface area contributed by atoms with Gasteiger partial charge in [-0.05, 0) is 18.3 Å². The second-order valence-electron chi connectivity index (χ2n) is 3.88. The number of carbonyl (C=O) groups is 1. The second kappa shape index (κ2) is 4.53. The van der Waals surface area contributed by atoms with E-state index < -0.39 is 0 Å².